The Hall–Kier alpha value is -0.840. The molecule has 1 atom stereocenters. The van der Waals surface area contributed by atoms with E-state index >= 15 is 0 Å². The van der Waals surface area contributed by atoms with Crippen molar-refractivity contribution in [2.75, 3.05) is 5.33 Å². The van der Waals surface area contributed by atoms with Crippen LogP contribution in [0.15, 0.2) is 0 Å². The van der Waals surface area contributed by atoms with Crippen LogP contribution in [0.1, 0.15) is 41.0 Å². The van der Waals surface area contributed by atoms with E-state index in [9.17, 15) is 19.2 Å². The molecule has 0 bridgehead atoms. The highest BCUT2D eigenvalue weighted by Crippen LogP contribution is 2.41. The molecule has 20 heavy (non-hydrogen) atoms. The first-order chi connectivity index (χ1) is 8.99. The Morgan fingerprint density at radius 1 is 1.10 bits per heavy atom. The number of alkyl halides is 1. The number of carbonyl (C=O) groups excluding carboxylic acids is 4. The molecular formula is C15H21BrO4. The summed E-state index contributed by atoms with van der Waals surface area (Å²) in [7, 11) is 0. The van der Waals surface area contributed by atoms with Gasteiger partial charge in [0.1, 0.15) is 5.92 Å². The summed E-state index contributed by atoms with van der Waals surface area (Å²) in [5.74, 6) is -3.57. The van der Waals surface area contributed by atoms with Gasteiger partial charge in [0.25, 0.3) is 0 Å². The summed E-state index contributed by atoms with van der Waals surface area (Å²) in [6.07, 6.45) is 0.560. The lowest BCUT2D eigenvalue weighted by molar-refractivity contribution is -0.162. The van der Waals surface area contributed by atoms with Gasteiger partial charge in [0.2, 0.25) is 0 Å². The van der Waals surface area contributed by atoms with Crippen molar-refractivity contribution in [2.45, 2.75) is 41.0 Å². The maximum absolute atomic E-state index is 12.4. The number of Topliss-reactive ketones (excluding diaryl/α,β-unsaturated/α-hetero) is 4. The van der Waals surface area contributed by atoms with Crippen molar-refractivity contribution >= 4 is 39.1 Å². The van der Waals surface area contributed by atoms with Gasteiger partial charge in [-0.15, -0.1) is 0 Å². The predicted octanol–water partition coefficient (Wildman–Crippen LogP) is 2.37. The second kappa shape index (κ2) is 5.51. The summed E-state index contributed by atoms with van der Waals surface area (Å²) < 4.78 is 0. The van der Waals surface area contributed by atoms with Gasteiger partial charge in [-0.25, -0.2) is 0 Å². The highest BCUT2D eigenvalue weighted by Gasteiger charge is 2.60. The molecule has 1 aliphatic rings. The molecule has 0 aromatic carbocycles. The van der Waals surface area contributed by atoms with E-state index in [1.54, 1.807) is 6.92 Å². The predicted molar refractivity (Wildman–Crippen MR) is 78.7 cm³/mol. The number of carbonyl (C=O) groups is 4. The van der Waals surface area contributed by atoms with Gasteiger partial charge in [-0.3, -0.25) is 19.2 Å². The second-order valence-corrected chi connectivity index (χ2v) is 7.31. The van der Waals surface area contributed by atoms with Crippen LogP contribution in [0.5, 0.6) is 0 Å². The van der Waals surface area contributed by atoms with Crippen LogP contribution in [-0.2, 0) is 19.2 Å². The quantitative estimate of drug-likeness (QED) is 0.579. The molecule has 1 unspecified atom stereocenters. The van der Waals surface area contributed by atoms with Crippen LogP contribution in [0, 0.1) is 22.7 Å². The van der Waals surface area contributed by atoms with Crippen LogP contribution in [0.2, 0.25) is 0 Å². The monoisotopic (exact) mass is 344 g/mol. The molecule has 0 amide bonds. The van der Waals surface area contributed by atoms with Crippen molar-refractivity contribution < 1.29 is 19.2 Å². The molecule has 0 aromatic heterocycles. The molecule has 112 valence electrons. The van der Waals surface area contributed by atoms with Crippen LogP contribution < -0.4 is 0 Å². The molecule has 4 nitrogen and oxygen atoms in total. The molecular weight excluding hydrogens is 324 g/mol. The molecule has 1 fully saturated rings. The molecule has 0 N–H and O–H groups in total. The normalized spacial score (nSPS) is 23.8. The van der Waals surface area contributed by atoms with Crippen molar-refractivity contribution in [3.8, 4) is 0 Å². The average molecular weight is 345 g/mol. The zero-order chi connectivity index (χ0) is 15.9. The first kappa shape index (κ1) is 17.2. The fraction of sp³-hybridized carbons (Fsp3) is 0.733. The molecule has 0 radical (unpaired) electrons. The zero-order valence-corrected chi connectivity index (χ0v) is 14.2. The SMILES string of the molecule is CC(CCBr)C(=O)C1C(=O)C(C)(C)C(=O)C(C)(C)C1=O. The number of halogens is 1. The van der Waals surface area contributed by atoms with E-state index in [1.807, 2.05) is 0 Å². The minimum absolute atomic E-state index is 0.367. The standard InChI is InChI=1S/C15H21BrO4/c1-8(6-7-16)10(17)9-11(18)14(2,3)13(20)15(4,5)12(9)19/h8-9H,6-7H2,1-5H3. The Balaban J connectivity index is 3.26. The van der Waals surface area contributed by atoms with E-state index in [2.05, 4.69) is 15.9 Å². The van der Waals surface area contributed by atoms with Gasteiger partial charge in [0.05, 0.1) is 10.8 Å². The van der Waals surface area contributed by atoms with Crippen molar-refractivity contribution in [3.05, 3.63) is 0 Å². The summed E-state index contributed by atoms with van der Waals surface area (Å²) in [6, 6.07) is 0. The van der Waals surface area contributed by atoms with E-state index in [1.165, 1.54) is 27.7 Å². The van der Waals surface area contributed by atoms with Gasteiger partial charge >= 0.3 is 0 Å². The fourth-order valence-electron chi connectivity index (χ4n) is 2.69. The molecule has 5 heteroatoms. The molecule has 1 saturated carbocycles. The van der Waals surface area contributed by atoms with E-state index < -0.39 is 34.1 Å². The highest BCUT2D eigenvalue weighted by molar-refractivity contribution is 9.09. The maximum atomic E-state index is 12.4. The number of hydrogen-bond acceptors (Lipinski definition) is 4. The van der Waals surface area contributed by atoms with Crippen molar-refractivity contribution in [2.24, 2.45) is 22.7 Å². The fourth-order valence-corrected chi connectivity index (χ4v) is 3.38. The van der Waals surface area contributed by atoms with Crippen molar-refractivity contribution in [1.29, 1.82) is 0 Å². The van der Waals surface area contributed by atoms with Crippen LogP contribution in [-0.4, -0.2) is 28.5 Å². The lowest BCUT2D eigenvalue weighted by Gasteiger charge is -2.40. The number of hydrogen-bond donors (Lipinski definition) is 0. The topological polar surface area (TPSA) is 68.3 Å². The third-order valence-corrected chi connectivity index (χ3v) is 4.66. The Morgan fingerprint density at radius 3 is 1.85 bits per heavy atom. The second-order valence-electron chi connectivity index (χ2n) is 6.52. The maximum Gasteiger partial charge on any atom is 0.163 e. The third-order valence-electron chi connectivity index (χ3n) is 4.20. The Kier molecular flexibility index (Phi) is 4.74. The third kappa shape index (κ3) is 2.52. The van der Waals surface area contributed by atoms with Gasteiger partial charge in [-0.2, -0.15) is 0 Å². The Morgan fingerprint density at radius 2 is 1.50 bits per heavy atom. The van der Waals surface area contributed by atoms with Crippen LogP contribution in [0.4, 0.5) is 0 Å². The summed E-state index contributed by atoms with van der Waals surface area (Å²) >= 11 is 3.25. The molecule has 0 aliphatic heterocycles. The molecule has 0 heterocycles. The van der Waals surface area contributed by atoms with Crippen LogP contribution >= 0.6 is 15.9 Å². The summed E-state index contributed by atoms with van der Waals surface area (Å²) in [6.45, 7) is 7.71. The Labute approximate surface area is 127 Å². The minimum Gasteiger partial charge on any atom is -0.298 e. The molecule has 0 spiro atoms. The first-order valence-corrected chi connectivity index (χ1v) is 7.85. The van der Waals surface area contributed by atoms with E-state index in [0.29, 0.717) is 11.8 Å². The lowest BCUT2D eigenvalue weighted by Crippen LogP contribution is -2.59. The molecule has 0 aromatic rings. The summed E-state index contributed by atoms with van der Waals surface area (Å²) in [5.41, 5.74) is -2.57. The van der Waals surface area contributed by atoms with Crippen molar-refractivity contribution in [3.63, 3.8) is 0 Å². The average Bonchev–Trinajstić information content (AvgIpc) is 2.36. The van der Waals surface area contributed by atoms with E-state index in [-0.39, 0.29) is 11.7 Å². The summed E-state index contributed by atoms with van der Waals surface area (Å²) in [5, 5.41) is 0.626. The lowest BCUT2D eigenvalue weighted by atomic mass is 9.57. The highest BCUT2D eigenvalue weighted by atomic mass is 79.9. The minimum atomic E-state index is -1.30. The van der Waals surface area contributed by atoms with Crippen molar-refractivity contribution in [1.82, 2.24) is 0 Å². The number of rotatable bonds is 4. The van der Waals surface area contributed by atoms with E-state index in [0.717, 1.165) is 0 Å². The van der Waals surface area contributed by atoms with Gasteiger partial charge in [0.15, 0.2) is 23.1 Å². The molecule has 1 aliphatic carbocycles. The first-order valence-electron chi connectivity index (χ1n) is 6.72. The van der Waals surface area contributed by atoms with Gasteiger partial charge < -0.3 is 0 Å². The van der Waals surface area contributed by atoms with Gasteiger partial charge in [-0.05, 0) is 34.1 Å². The smallest absolute Gasteiger partial charge is 0.163 e. The Bertz CT molecular complexity index is 446. The molecule has 1 rings (SSSR count). The zero-order valence-electron chi connectivity index (χ0n) is 12.6. The largest absolute Gasteiger partial charge is 0.298 e. The van der Waals surface area contributed by atoms with E-state index in [4.69, 9.17) is 0 Å². The summed E-state index contributed by atoms with van der Waals surface area (Å²) in [4.78, 5) is 49.6. The van der Waals surface area contributed by atoms with Gasteiger partial charge in [0, 0.05) is 11.2 Å². The number of ketones is 4. The van der Waals surface area contributed by atoms with Crippen LogP contribution in [0.25, 0.3) is 0 Å². The molecule has 0 saturated heterocycles. The van der Waals surface area contributed by atoms with Gasteiger partial charge in [-0.1, -0.05) is 22.9 Å². The van der Waals surface area contributed by atoms with Crippen LogP contribution in [0.3, 0.4) is 0 Å².